The van der Waals surface area contributed by atoms with Crippen molar-refractivity contribution in [2.45, 2.75) is 0 Å². The lowest BCUT2D eigenvalue weighted by Crippen LogP contribution is -2.19. The van der Waals surface area contributed by atoms with Crippen molar-refractivity contribution in [1.29, 1.82) is 0 Å². The van der Waals surface area contributed by atoms with E-state index in [1.165, 1.54) is 7.11 Å². The van der Waals surface area contributed by atoms with E-state index in [0.717, 1.165) is 5.69 Å². The molecule has 21 heavy (non-hydrogen) atoms. The fourth-order valence-electron chi connectivity index (χ4n) is 1.63. The number of nitrogens with one attached hydrogen (secondary N) is 1. The minimum absolute atomic E-state index is 0.0499. The van der Waals surface area contributed by atoms with Gasteiger partial charge >= 0.3 is 5.97 Å². The van der Waals surface area contributed by atoms with Gasteiger partial charge in [0.25, 0.3) is 0 Å². The zero-order valence-electron chi connectivity index (χ0n) is 11.1. The van der Waals surface area contributed by atoms with Gasteiger partial charge in [0.15, 0.2) is 5.71 Å². The second kappa shape index (κ2) is 7.11. The summed E-state index contributed by atoms with van der Waals surface area (Å²) in [6.45, 7) is 0. The molecule has 1 N–H and O–H groups in total. The molecule has 2 aromatic rings. The molecular formula is C15H12Cl2N2O2. The van der Waals surface area contributed by atoms with Crippen LogP contribution in [0, 0.1) is 0 Å². The van der Waals surface area contributed by atoms with Crippen LogP contribution in [0.25, 0.3) is 0 Å². The molecule has 0 aromatic heterocycles. The highest BCUT2D eigenvalue weighted by molar-refractivity contribution is 6.50. The fourth-order valence-corrected chi connectivity index (χ4v) is 2.02. The van der Waals surface area contributed by atoms with Crippen LogP contribution in [0.5, 0.6) is 0 Å². The summed E-state index contributed by atoms with van der Waals surface area (Å²) in [6.07, 6.45) is 0. The molecule has 0 aliphatic rings. The fraction of sp³-hybridized carbons (Fsp3) is 0.0667. The third kappa shape index (κ3) is 3.74. The Balaban J connectivity index is 2.39. The molecule has 0 saturated carbocycles. The van der Waals surface area contributed by atoms with Crippen LogP contribution in [-0.4, -0.2) is 18.8 Å². The highest BCUT2D eigenvalue weighted by Gasteiger charge is 2.19. The summed E-state index contributed by atoms with van der Waals surface area (Å²) in [5.74, 6) is -0.609. The summed E-state index contributed by atoms with van der Waals surface area (Å²) >= 11 is 12.1. The van der Waals surface area contributed by atoms with Crippen molar-refractivity contribution in [1.82, 2.24) is 0 Å². The monoisotopic (exact) mass is 322 g/mol. The Morgan fingerprint density at radius 1 is 1.10 bits per heavy atom. The predicted molar refractivity (Wildman–Crippen MR) is 85.1 cm³/mol. The molecule has 2 aromatic carbocycles. The van der Waals surface area contributed by atoms with Gasteiger partial charge in [-0.1, -0.05) is 53.5 Å². The summed E-state index contributed by atoms with van der Waals surface area (Å²) in [6, 6.07) is 14.2. The number of anilines is 1. The molecule has 0 bridgehead atoms. The van der Waals surface area contributed by atoms with E-state index in [0.29, 0.717) is 10.6 Å². The first kappa shape index (κ1) is 15.4. The number of hydrogen-bond donors (Lipinski definition) is 1. The van der Waals surface area contributed by atoms with E-state index in [2.05, 4.69) is 10.5 Å². The second-order valence-electron chi connectivity index (χ2n) is 4.03. The molecule has 0 unspecified atom stereocenters. The Hall–Kier alpha value is -2.04. The molecule has 4 nitrogen and oxygen atoms in total. The van der Waals surface area contributed by atoms with E-state index in [-0.39, 0.29) is 10.7 Å². The summed E-state index contributed by atoms with van der Waals surface area (Å²) in [5, 5.41) is 4.67. The van der Waals surface area contributed by atoms with Gasteiger partial charge in [-0.15, -0.1) is 0 Å². The Labute approximate surface area is 132 Å². The van der Waals surface area contributed by atoms with Crippen molar-refractivity contribution in [3.8, 4) is 0 Å². The third-order valence-corrected chi connectivity index (χ3v) is 3.47. The van der Waals surface area contributed by atoms with Crippen LogP contribution >= 0.6 is 23.2 Å². The first-order chi connectivity index (χ1) is 10.1. The number of benzene rings is 2. The maximum atomic E-state index is 11.9. The quantitative estimate of drug-likeness (QED) is 0.526. The minimum Gasteiger partial charge on any atom is -0.464 e. The Kier molecular flexibility index (Phi) is 5.20. The molecule has 2 rings (SSSR count). The number of carbonyl (C=O) groups excluding carboxylic acids is 1. The molecule has 0 radical (unpaired) electrons. The van der Waals surface area contributed by atoms with E-state index in [1.807, 2.05) is 30.3 Å². The van der Waals surface area contributed by atoms with Crippen LogP contribution in [0.4, 0.5) is 5.69 Å². The van der Waals surface area contributed by atoms with E-state index < -0.39 is 5.97 Å². The number of hydrazone groups is 1. The smallest absolute Gasteiger partial charge is 0.359 e. The molecular weight excluding hydrogens is 311 g/mol. The van der Waals surface area contributed by atoms with Crippen LogP contribution in [0.15, 0.2) is 53.6 Å². The maximum absolute atomic E-state index is 11.9. The number of ether oxygens (including phenoxy) is 1. The van der Waals surface area contributed by atoms with E-state index in [1.54, 1.807) is 18.2 Å². The van der Waals surface area contributed by atoms with E-state index in [4.69, 9.17) is 27.9 Å². The number of hydrogen-bond acceptors (Lipinski definition) is 4. The standard InChI is InChI=1S/C15H12Cl2N2O2/c1-21-15(20)14(11-8-5-9-12(16)13(11)17)19-18-10-6-3-2-4-7-10/h2-9,18H,1H3/b19-14-. The number of nitrogens with zero attached hydrogens (tertiary/aromatic N) is 1. The van der Waals surface area contributed by atoms with Gasteiger partial charge in [-0.05, 0) is 18.2 Å². The summed E-state index contributed by atoms with van der Waals surface area (Å²) in [5.41, 5.74) is 3.98. The molecule has 0 aliphatic heterocycles. The van der Waals surface area contributed by atoms with Gasteiger partial charge in [-0.25, -0.2) is 4.79 Å². The molecule has 108 valence electrons. The number of carbonyl (C=O) groups is 1. The van der Waals surface area contributed by atoms with Crippen LogP contribution < -0.4 is 5.43 Å². The van der Waals surface area contributed by atoms with E-state index >= 15 is 0 Å². The molecule has 0 aliphatic carbocycles. The number of methoxy groups -OCH3 is 1. The van der Waals surface area contributed by atoms with Crippen molar-refractivity contribution in [3.05, 3.63) is 64.1 Å². The SMILES string of the molecule is COC(=O)/C(=N\Nc1ccccc1)c1cccc(Cl)c1Cl. The van der Waals surface area contributed by atoms with Gasteiger partial charge < -0.3 is 4.74 Å². The van der Waals surface area contributed by atoms with Gasteiger partial charge in [0, 0.05) is 5.56 Å². The zero-order chi connectivity index (χ0) is 15.2. The second-order valence-corrected chi connectivity index (χ2v) is 4.82. The molecule has 0 fully saturated rings. The lowest BCUT2D eigenvalue weighted by Gasteiger charge is -2.08. The van der Waals surface area contributed by atoms with Crippen molar-refractivity contribution in [3.63, 3.8) is 0 Å². The van der Waals surface area contributed by atoms with Crippen LogP contribution in [0.1, 0.15) is 5.56 Å². The topological polar surface area (TPSA) is 50.7 Å². The molecule has 0 atom stereocenters. The van der Waals surface area contributed by atoms with Crippen LogP contribution in [-0.2, 0) is 9.53 Å². The summed E-state index contributed by atoms with van der Waals surface area (Å²) < 4.78 is 4.74. The molecule has 0 amide bonds. The number of halogens is 2. The number of para-hydroxylation sites is 1. The van der Waals surface area contributed by atoms with Gasteiger partial charge in [0.05, 0.1) is 22.8 Å². The summed E-state index contributed by atoms with van der Waals surface area (Å²) in [7, 11) is 1.28. The first-order valence-electron chi connectivity index (χ1n) is 6.05. The maximum Gasteiger partial charge on any atom is 0.359 e. The third-order valence-electron chi connectivity index (χ3n) is 2.66. The minimum atomic E-state index is -0.609. The normalized spacial score (nSPS) is 11.1. The Morgan fingerprint density at radius 3 is 2.48 bits per heavy atom. The van der Waals surface area contributed by atoms with Crippen molar-refractivity contribution in [2.75, 3.05) is 12.5 Å². The van der Waals surface area contributed by atoms with Crippen molar-refractivity contribution in [2.24, 2.45) is 5.10 Å². The number of esters is 1. The molecule has 0 saturated heterocycles. The Bertz CT molecular complexity index is 673. The largest absolute Gasteiger partial charge is 0.464 e. The van der Waals surface area contributed by atoms with Crippen LogP contribution in [0.2, 0.25) is 10.0 Å². The van der Waals surface area contributed by atoms with Gasteiger partial charge in [-0.3, -0.25) is 5.43 Å². The van der Waals surface area contributed by atoms with Gasteiger partial charge in [0.1, 0.15) is 0 Å². The first-order valence-corrected chi connectivity index (χ1v) is 6.80. The lowest BCUT2D eigenvalue weighted by molar-refractivity contribution is -0.132. The van der Waals surface area contributed by atoms with Crippen molar-refractivity contribution < 1.29 is 9.53 Å². The van der Waals surface area contributed by atoms with E-state index in [9.17, 15) is 4.79 Å². The average Bonchev–Trinajstić information content (AvgIpc) is 2.52. The Morgan fingerprint density at radius 2 is 1.81 bits per heavy atom. The highest BCUT2D eigenvalue weighted by Crippen LogP contribution is 2.26. The molecule has 0 spiro atoms. The lowest BCUT2D eigenvalue weighted by atomic mass is 10.1. The molecule has 0 heterocycles. The number of rotatable bonds is 4. The van der Waals surface area contributed by atoms with Crippen molar-refractivity contribution >= 4 is 40.6 Å². The van der Waals surface area contributed by atoms with Gasteiger partial charge in [-0.2, -0.15) is 5.10 Å². The van der Waals surface area contributed by atoms with Gasteiger partial charge in [0.2, 0.25) is 0 Å². The predicted octanol–water partition coefficient (Wildman–Crippen LogP) is 3.98. The summed E-state index contributed by atoms with van der Waals surface area (Å²) in [4.78, 5) is 11.9. The highest BCUT2D eigenvalue weighted by atomic mass is 35.5. The van der Waals surface area contributed by atoms with Crippen LogP contribution in [0.3, 0.4) is 0 Å². The zero-order valence-corrected chi connectivity index (χ0v) is 12.7. The average molecular weight is 323 g/mol. The molecule has 6 heteroatoms.